The van der Waals surface area contributed by atoms with Gasteiger partial charge in [-0.3, -0.25) is 0 Å². The predicted molar refractivity (Wildman–Crippen MR) is 58.6 cm³/mol. The van der Waals surface area contributed by atoms with E-state index in [9.17, 15) is 0 Å². The van der Waals surface area contributed by atoms with Crippen LogP contribution in [0.3, 0.4) is 0 Å². The largest absolute Gasteiger partial charge is 0.249 e. The summed E-state index contributed by atoms with van der Waals surface area (Å²) < 4.78 is 0. The van der Waals surface area contributed by atoms with Crippen molar-refractivity contribution in [1.29, 1.82) is 0 Å². The topological polar surface area (TPSA) is 12.9 Å². The van der Waals surface area contributed by atoms with Gasteiger partial charge in [0.15, 0.2) is 0 Å². The normalized spacial score (nSPS) is 13.0. The standard InChI is InChI=1S/C10H11NS2/c1-2-8(9-6-12-7-11-9)10-4-3-5-13-10/h3-8H,2H2,1H3. The highest BCUT2D eigenvalue weighted by atomic mass is 32.1. The minimum Gasteiger partial charge on any atom is -0.249 e. The van der Waals surface area contributed by atoms with E-state index in [0.29, 0.717) is 5.92 Å². The van der Waals surface area contributed by atoms with E-state index in [1.54, 1.807) is 11.3 Å². The Kier molecular flexibility index (Phi) is 2.76. The van der Waals surface area contributed by atoms with Gasteiger partial charge in [0.1, 0.15) is 0 Å². The zero-order valence-corrected chi connectivity index (χ0v) is 9.07. The Morgan fingerprint density at radius 1 is 1.54 bits per heavy atom. The van der Waals surface area contributed by atoms with E-state index in [1.807, 2.05) is 16.8 Å². The molecule has 0 radical (unpaired) electrons. The summed E-state index contributed by atoms with van der Waals surface area (Å²) >= 11 is 3.49. The van der Waals surface area contributed by atoms with Gasteiger partial charge in [-0.05, 0) is 17.9 Å². The van der Waals surface area contributed by atoms with Gasteiger partial charge < -0.3 is 0 Å². The van der Waals surface area contributed by atoms with Crippen LogP contribution in [0.5, 0.6) is 0 Å². The zero-order chi connectivity index (χ0) is 9.10. The van der Waals surface area contributed by atoms with Gasteiger partial charge in [-0.2, -0.15) is 0 Å². The van der Waals surface area contributed by atoms with Crippen molar-refractivity contribution >= 4 is 22.7 Å². The van der Waals surface area contributed by atoms with Gasteiger partial charge in [0.2, 0.25) is 0 Å². The van der Waals surface area contributed by atoms with Crippen molar-refractivity contribution in [2.24, 2.45) is 0 Å². The van der Waals surface area contributed by atoms with Gasteiger partial charge >= 0.3 is 0 Å². The van der Waals surface area contributed by atoms with Crippen molar-refractivity contribution in [3.8, 4) is 0 Å². The van der Waals surface area contributed by atoms with Gasteiger partial charge in [-0.15, -0.1) is 22.7 Å². The number of rotatable bonds is 3. The van der Waals surface area contributed by atoms with Crippen molar-refractivity contribution in [2.75, 3.05) is 0 Å². The first kappa shape index (κ1) is 8.91. The summed E-state index contributed by atoms with van der Waals surface area (Å²) in [5.74, 6) is 0.506. The smallest absolute Gasteiger partial charge is 0.0794 e. The van der Waals surface area contributed by atoms with Crippen molar-refractivity contribution in [3.63, 3.8) is 0 Å². The molecular formula is C10H11NS2. The van der Waals surface area contributed by atoms with Crippen LogP contribution in [0, 0.1) is 0 Å². The number of hydrogen-bond donors (Lipinski definition) is 0. The van der Waals surface area contributed by atoms with E-state index >= 15 is 0 Å². The Morgan fingerprint density at radius 2 is 2.46 bits per heavy atom. The maximum atomic E-state index is 4.37. The lowest BCUT2D eigenvalue weighted by Gasteiger charge is -2.08. The molecule has 0 bridgehead atoms. The summed E-state index contributed by atoms with van der Waals surface area (Å²) in [6, 6.07) is 4.30. The molecule has 1 nitrogen and oxygen atoms in total. The van der Waals surface area contributed by atoms with Crippen molar-refractivity contribution in [1.82, 2.24) is 4.98 Å². The zero-order valence-electron chi connectivity index (χ0n) is 7.43. The highest BCUT2D eigenvalue weighted by Crippen LogP contribution is 2.30. The van der Waals surface area contributed by atoms with E-state index in [-0.39, 0.29) is 0 Å². The third kappa shape index (κ3) is 1.81. The first-order valence-corrected chi connectivity index (χ1v) is 6.15. The molecule has 0 saturated carbocycles. The second-order valence-corrected chi connectivity index (χ2v) is 4.59. The molecule has 0 saturated heterocycles. The lowest BCUT2D eigenvalue weighted by molar-refractivity contribution is 0.770. The maximum Gasteiger partial charge on any atom is 0.0794 e. The third-order valence-corrected chi connectivity index (χ3v) is 3.69. The van der Waals surface area contributed by atoms with Crippen LogP contribution < -0.4 is 0 Å². The van der Waals surface area contributed by atoms with Gasteiger partial charge in [-0.25, -0.2) is 4.98 Å². The van der Waals surface area contributed by atoms with E-state index in [2.05, 4.69) is 34.8 Å². The first-order chi connectivity index (χ1) is 6.42. The molecule has 2 heterocycles. The Bertz CT molecular complexity index is 303. The molecule has 0 aromatic carbocycles. The highest BCUT2D eigenvalue weighted by molar-refractivity contribution is 7.10. The van der Waals surface area contributed by atoms with E-state index in [1.165, 1.54) is 10.6 Å². The number of thiophene rings is 1. The molecule has 0 N–H and O–H groups in total. The summed E-state index contributed by atoms with van der Waals surface area (Å²) in [4.78, 5) is 5.79. The molecule has 1 atom stereocenters. The predicted octanol–water partition coefficient (Wildman–Crippen LogP) is 3.75. The molecule has 2 aromatic rings. The Labute approximate surface area is 86.1 Å². The fraction of sp³-hybridized carbons (Fsp3) is 0.300. The van der Waals surface area contributed by atoms with Crippen LogP contribution in [0.15, 0.2) is 28.4 Å². The lowest BCUT2D eigenvalue weighted by Crippen LogP contribution is -1.96. The third-order valence-electron chi connectivity index (χ3n) is 2.10. The Balaban J connectivity index is 2.29. The minimum atomic E-state index is 0.506. The van der Waals surface area contributed by atoms with Crippen LogP contribution in [0.4, 0.5) is 0 Å². The van der Waals surface area contributed by atoms with Crippen LogP contribution in [-0.2, 0) is 0 Å². The molecule has 2 rings (SSSR count). The summed E-state index contributed by atoms with van der Waals surface area (Å²) in [5.41, 5.74) is 3.13. The summed E-state index contributed by atoms with van der Waals surface area (Å²) in [5, 5.41) is 4.28. The second kappa shape index (κ2) is 4.03. The van der Waals surface area contributed by atoms with E-state index in [4.69, 9.17) is 0 Å². The fourth-order valence-corrected chi connectivity index (χ4v) is 2.97. The fourth-order valence-electron chi connectivity index (χ4n) is 1.44. The van der Waals surface area contributed by atoms with E-state index in [0.717, 1.165) is 6.42 Å². The molecule has 0 spiro atoms. The summed E-state index contributed by atoms with van der Waals surface area (Å²) in [6.45, 7) is 2.21. The highest BCUT2D eigenvalue weighted by Gasteiger charge is 2.14. The van der Waals surface area contributed by atoms with Gasteiger partial charge in [-0.1, -0.05) is 13.0 Å². The van der Waals surface area contributed by atoms with Crippen molar-refractivity contribution in [3.05, 3.63) is 39.0 Å². The number of thiazole rings is 1. The average Bonchev–Trinajstić information content (AvgIpc) is 2.76. The molecule has 0 aliphatic rings. The van der Waals surface area contributed by atoms with Crippen LogP contribution in [0.2, 0.25) is 0 Å². The van der Waals surface area contributed by atoms with Crippen molar-refractivity contribution in [2.45, 2.75) is 19.3 Å². The molecule has 0 aliphatic carbocycles. The first-order valence-electron chi connectivity index (χ1n) is 4.33. The maximum absolute atomic E-state index is 4.37. The van der Waals surface area contributed by atoms with Crippen LogP contribution >= 0.6 is 22.7 Å². The summed E-state index contributed by atoms with van der Waals surface area (Å²) in [7, 11) is 0. The van der Waals surface area contributed by atoms with Gasteiger partial charge in [0.05, 0.1) is 11.2 Å². The lowest BCUT2D eigenvalue weighted by atomic mass is 10.0. The Morgan fingerprint density at radius 3 is 3.00 bits per heavy atom. The molecular weight excluding hydrogens is 198 g/mol. The average molecular weight is 209 g/mol. The Hall–Kier alpha value is -0.670. The number of hydrogen-bond acceptors (Lipinski definition) is 3. The molecule has 2 aromatic heterocycles. The van der Waals surface area contributed by atoms with Gasteiger partial charge in [0, 0.05) is 16.2 Å². The minimum absolute atomic E-state index is 0.506. The second-order valence-electron chi connectivity index (χ2n) is 2.89. The summed E-state index contributed by atoms with van der Waals surface area (Å²) in [6.07, 6.45) is 1.13. The van der Waals surface area contributed by atoms with Crippen LogP contribution in [-0.4, -0.2) is 4.98 Å². The van der Waals surface area contributed by atoms with Crippen LogP contribution in [0.1, 0.15) is 29.8 Å². The monoisotopic (exact) mass is 209 g/mol. The number of aromatic nitrogens is 1. The quantitative estimate of drug-likeness (QED) is 0.750. The molecule has 68 valence electrons. The molecule has 0 fully saturated rings. The molecule has 3 heteroatoms. The van der Waals surface area contributed by atoms with E-state index < -0.39 is 0 Å². The molecule has 0 aliphatic heterocycles. The SMILES string of the molecule is CCC(c1cscn1)c1cccs1. The number of nitrogens with zero attached hydrogens (tertiary/aromatic N) is 1. The molecule has 0 amide bonds. The van der Waals surface area contributed by atoms with Crippen molar-refractivity contribution < 1.29 is 0 Å². The molecule has 13 heavy (non-hydrogen) atoms. The molecule has 1 unspecified atom stereocenters. The van der Waals surface area contributed by atoms with Crippen LogP contribution in [0.25, 0.3) is 0 Å². The van der Waals surface area contributed by atoms with Gasteiger partial charge in [0.25, 0.3) is 0 Å².